The van der Waals surface area contributed by atoms with Crippen LogP contribution in [0.1, 0.15) is 64.2 Å². The average molecular weight is 325 g/mol. The molecule has 1 aliphatic rings. The van der Waals surface area contributed by atoms with E-state index in [4.69, 9.17) is 4.74 Å². The normalized spacial score (nSPS) is 16.6. The summed E-state index contributed by atoms with van der Waals surface area (Å²) in [6.07, 6.45) is 12.3. The van der Waals surface area contributed by atoms with Gasteiger partial charge >= 0.3 is 17.1 Å². The lowest BCUT2D eigenvalue weighted by Crippen LogP contribution is -2.43. The molecule has 23 heavy (non-hydrogen) atoms. The van der Waals surface area contributed by atoms with E-state index in [1.54, 1.807) is 0 Å². The summed E-state index contributed by atoms with van der Waals surface area (Å²) in [6, 6.07) is 0. The molecule has 0 bridgehead atoms. The number of unbranched alkanes of at least 4 members (excludes halogenated alkanes) is 8. The summed E-state index contributed by atoms with van der Waals surface area (Å²) in [5.41, 5.74) is -2.01. The summed E-state index contributed by atoms with van der Waals surface area (Å²) >= 11 is 0. The summed E-state index contributed by atoms with van der Waals surface area (Å²) in [4.78, 5) is 38.0. The first-order valence-electron chi connectivity index (χ1n) is 8.72. The van der Waals surface area contributed by atoms with Crippen LogP contribution in [0.4, 0.5) is 0 Å². The molecule has 1 unspecified atom stereocenters. The first-order chi connectivity index (χ1) is 11.2. The topological polar surface area (TPSA) is 100 Å². The molecule has 0 spiro atoms. The molecule has 0 radical (unpaired) electrons. The largest absolute Gasteiger partial charge is 0.373 e. The predicted molar refractivity (Wildman–Crippen MR) is 87.9 cm³/mol. The van der Waals surface area contributed by atoms with E-state index in [0.717, 1.165) is 30.4 Å². The molecule has 1 atom stereocenters. The van der Waals surface area contributed by atoms with Crippen molar-refractivity contribution in [1.82, 2.24) is 14.5 Å². The van der Waals surface area contributed by atoms with E-state index in [2.05, 4.69) is 9.97 Å². The molecule has 0 amide bonds. The quantitative estimate of drug-likeness (QED) is 0.449. The predicted octanol–water partition coefficient (Wildman–Crippen LogP) is 1.52. The molecule has 1 aromatic heterocycles. The summed E-state index contributed by atoms with van der Waals surface area (Å²) in [7, 11) is 0. The van der Waals surface area contributed by atoms with Crippen LogP contribution >= 0.6 is 0 Å². The summed E-state index contributed by atoms with van der Waals surface area (Å²) in [5.74, 6) is 0. The van der Waals surface area contributed by atoms with Gasteiger partial charge < -0.3 is 4.74 Å². The van der Waals surface area contributed by atoms with Gasteiger partial charge in [0, 0.05) is 6.54 Å². The Morgan fingerprint density at radius 3 is 1.83 bits per heavy atom. The number of hydrogen-bond acceptors (Lipinski definition) is 4. The van der Waals surface area contributed by atoms with E-state index in [1.165, 1.54) is 44.9 Å². The highest BCUT2D eigenvalue weighted by Gasteiger charge is 2.20. The lowest BCUT2D eigenvalue weighted by atomic mass is 10.1. The SMILES string of the molecule is O=c1[nH]c(=O)n(CCCCCCCCCCCC2CO2)c(=O)[nH]1. The summed E-state index contributed by atoms with van der Waals surface area (Å²) in [5, 5.41) is 0. The van der Waals surface area contributed by atoms with Crippen LogP contribution in [-0.2, 0) is 11.3 Å². The van der Waals surface area contributed by atoms with E-state index >= 15 is 0 Å². The number of hydrogen-bond donors (Lipinski definition) is 2. The molecule has 7 heteroatoms. The fraction of sp³-hybridized carbons (Fsp3) is 0.812. The molecule has 2 N–H and O–H groups in total. The van der Waals surface area contributed by atoms with Gasteiger partial charge in [-0.25, -0.2) is 19.0 Å². The number of ether oxygens (including phenoxy) is 1. The highest BCUT2D eigenvalue weighted by Crippen LogP contribution is 2.18. The molecule has 0 aromatic carbocycles. The molecular formula is C16H27N3O4. The molecule has 1 fully saturated rings. The van der Waals surface area contributed by atoms with Gasteiger partial charge in [-0.3, -0.25) is 9.97 Å². The Morgan fingerprint density at radius 2 is 1.30 bits per heavy atom. The number of H-pyrrole nitrogens is 2. The molecular weight excluding hydrogens is 298 g/mol. The molecule has 1 aliphatic heterocycles. The van der Waals surface area contributed by atoms with E-state index in [9.17, 15) is 14.4 Å². The first-order valence-corrected chi connectivity index (χ1v) is 8.72. The van der Waals surface area contributed by atoms with Crippen molar-refractivity contribution in [1.29, 1.82) is 0 Å². The summed E-state index contributed by atoms with van der Waals surface area (Å²) in [6.45, 7) is 1.32. The van der Waals surface area contributed by atoms with E-state index < -0.39 is 17.1 Å². The minimum absolute atomic E-state index is 0.355. The Bertz CT molecular complexity index is 593. The third-order valence-electron chi connectivity index (χ3n) is 4.24. The van der Waals surface area contributed by atoms with Crippen LogP contribution in [0.15, 0.2) is 14.4 Å². The number of aromatic amines is 2. The van der Waals surface area contributed by atoms with Crippen LogP contribution in [0, 0.1) is 0 Å². The van der Waals surface area contributed by atoms with E-state index in [1.807, 2.05) is 0 Å². The Hall–Kier alpha value is -1.63. The highest BCUT2D eigenvalue weighted by atomic mass is 16.6. The van der Waals surface area contributed by atoms with Crippen molar-refractivity contribution < 1.29 is 4.74 Å². The lowest BCUT2D eigenvalue weighted by Gasteiger charge is -2.04. The average Bonchev–Trinajstić information content (AvgIpc) is 3.31. The van der Waals surface area contributed by atoms with Crippen LogP contribution in [-0.4, -0.2) is 27.2 Å². The zero-order valence-corrected chi connectivity index (χ0v) is 13.6. The number of epoxide rings is 1. The Balaban J connectivity index is 1.45. The van der Waals surface area contributed by atoms with Crippen molar-refractivity contribution in [2.24, 2.45) is 0 Å². The maximum atomic E-state index is 11.5. The van der Waals surface area contributed by atoms with Gasteiger partial charge in [-0.2, -0.15) is 0 Å². The Kier molecular flexibility index (Phi) is 7.32. The minimum atomic E-state index is -0.749. The van der Waals surface area contributed by atoms with Crippen molar-refractivity contribution in [3.8, 4) is 0 Å². The van der Waals surface area contributed by atoms with Gasteiger partial charge in [-0.1, -0.05) is 51.4 Å². The lowest BCUT2D eigenvalue weighted by molar-refractivity contribution is 0.387. The Morgan fingerprint density at radius 1 is 0.826 bits per heavy atom. The zero-order chi connectivity index (χ0) is 16.5. The smallest absolute Gasteiger partial charge is 0.333 e. The van der Waals surface area contributed by atoms with Gasteiger partial charge in [0.25, 0.3) is 0 Å². The standard InChI is InChI=1S/C16H27N3O4/c20-14-17-15(21)19(16(22)18-14)11-9-7-5-3-1-2-4-6-8-10-13-12-23-13/h13H,1-12H2,(H2,17,18,20,21,22). The van der Waals surface area contributed by atoms with Crippen molar-refractivity contribution in [3.05, 3.63) is 31.5 Å². The molecule has 0 saturated carbocycles. The summed E-state index contributed by atoms with van der Waals surface area (Å²) < 4.78 is 6.23. The molecule has 2 heterocycles. The van der Waals surface area contributed by atoms with Gasteiger partial charge in [0.15, 0.2) is 0 Å². The molecule has 0 aliphatic carbocycles. The second-order valence-corrected chi connectivity index (χ2v) is 6.27. The van der Waals surface area contributed by atoms with Crippen LogP contribution < -0.4 is 17.1 Å². The fourth-order valence-corrected chi connectivity index (χ4v) is 2.77. The van der Waals surface area contributed by atoms with Crippen molar-refractivity contribution >= 4 is 0 Å². The van der Waals surface area contributed by atoms with Crippen molar-refractivity contribution in [2.45, 2.75) is 76.9 Å². The number of nitrogens with zero attached hydrogens (tertiary/aromatic N) is 1. The first kappa shape index (κ1) is 17.7. The van der Waals surface area contributed by atoms with Crippen LogP contribution in [0.25, 0.3) is 0 Å². The van der Waals surface area contributed by atoms with Gasteiger partial charge in [-0.05, 0) is 12.8 Å². The van der Waals surface area contributed by atoms with Gasteiger partial charge in [0.05, 0.1) is 12.7 Å². The van der Waals surface area contributed by atoms with Crippen LogP contribution in [0.5, 0.6) is 0 Å². The van der Waals surface area contributed by atoms with E-state index in [-0.39, 0.29) is 0 Å². The minimum Gasteiger partial charge on any atom is -0.373 e. The molecule has 1 saturated heterocycles. The third-order valence-corrected chi connectivity index (χ3v) is 4.24. The van der Waals surface area contributed by atoms with Crippen LogP contribution in [0.2, 0.25) is 0 Å². The number of nitrogens with one attached hydrogen (secondary N) is 2. The van der Waals surface area contributed by atoms with Gasteiger partial charge in [0.2, 0.25) is 0 Å². The molecule has 2 rings (SSSR count). The van der Waals surface area contributed by atoms with Crippen LogP contribution in [0.3, 0.4) is 0 Å². The maximum Gasteiger partial charge on any atom is 0.333 e. The van der Waals surface area contributed by atoms with E-state index in [0.29, 0.717) is 12.6 Å². The van der Waals surface area contributed by atoms with Gasteiger partial charge in [-0.15, -0.1) is 0 Å². The fourth-order valence-electron chi connectivity index (χ4n) is 2.77. The second kappa shape index (κ2) is 9.50. The highest BCUT2D eigenvalue weighted by molar-refractivity contribution is 4.69. The molecule has 1 aromatic rings. The van der Waals surface area contributed by atoms with Crippen molar-refractivity contribution in [3.63, 3.8) is 0 Å². The molecule has 130 valence electrons. The van der Waals surface area contributed by atoms with Gasteiger partial charge in [0.1, 0.15) is 0 Å². The third kappa shape index (κ3) is 6.99. The zero-order valence-electron chi connectivity index (χ0n) is 13.6. The molecule has 7 nitrogen and oxygen atoms in total. The monoisotopic (exact) mass is 325 g/mol. The van der Waals surface area contributed by atoms with Crippen molar-refractivity contribution in [2.75, 3.05) is 6.61 Å². The number of aromatic nitrogens is 3. The Labute approximate surface area is 135 Å². The maximum absolute atomic E-state index is 11.5. The second-order valence-electron chi connectivity index (χ2n) is 6.27. The number of rotatable bonds is 12.